The number of oxazole rings is 1. The summed E-state index contributed by atoms with van der Waals surface area (Å²) in [5.41, 5.74) is 7.49. The largest absolute Gasteiger partial charge is 0.465 e. The lowest BCUT2D eigenvalue weighted by Gasteiger charge is -2.07. The number of nitrogens with zero attached hydrogens (tertiary/aromatic N) is 1. The number of rotatable bonds is 5. The molecule has 0 aliphatic rings. The molecular formula is C15H18N2O3. The Morgan fingerprint density at radius 2 is 2.10 bits per heavy atom. The summed E-state index contributed by atoms with van der Waals surface area (Å²) in [6.45, 7) is 3.92. The molecule has 0 radical (unpaired) electrons. The number of nitrogens with two attached hydrogens (primary N) is 1. The Labute approximate surface area is 117 Å². The van der Waals surface area contributed by atoms with Gasteiger partial charge in [-0.25, -0.2) is 4.98 Å². The summed E-state index contributed by atoms with van der Waals surface area (Å²) in [7, 11) is 0. The molecule has 0 saturated carbocycles. The van der Waals surface area contributed by atoms with Crippen LogP contribution in [0.4, 0.5) is 0 Å². The van der Waals surface area contributed by atoms with E-state index in [-0.39, 0.29) is 6.42 Å². The molecule has 1 aromatic carbocycles. The molecule has 1 heterocycles. The molecule has 0 fully saturated rings. The molecule has 0 amide bonds. The monoisotopic (exact) mass is 274 g/mol. The third-order valence-electron chi connectivity index (χ3n) is 2.86. The van der Waals surface area contributed by atoms with Gasteiger partial charge in [0.25, 0.3) is 0 Å². The van der Waals surface area contributed by atoms with E-state index in [0.29, 0.717) is 18.3 Å². The van der Waals surface area contributed by atoms with E-state index in [1.165, 1.54) is 0 Å². The van der Waals surface area contributed by atoms with Crippen LogP contribution in [0.3, 0.4) is 0 Å². The van der Waals surface area contributed by atoms with E-state index in [2.05, 4.69) is 4.98 Å². The van der Waals surface area contributed by atoms with Crippen molar-refractivity contribution >= 4 is 5.97 Å². The van der Waals surface area contributed by atoms with Gasteiger partial charge in [0.1, 0.15) is 6.04 Å². The molecule has 2 rings (SSSR count). The van der Waals surface area contributed by atoms with E-state index in [9.17, 15) is 4.79 Å². The molecule has 0 saturated heterocycles. The third kappa shape index (κ3) is 3.24. The predicted molar refractivity (Wildman–Crippen MR) is 75.0 cm³/mol. The zero-order valence-corrected chi connectivity index (χ0v) is 11.6. The highest BCUT2D eigenvalue weighted by molar-refractivity contribution is 5.75. The van der Waals surface area contributed by atoms with Crippen molar-refractivity contribution in [1.82, 2.24) is 4.98 Å². The maximum atomic E-state index is 11.5. The molecule has 1 atom stereocenters. The first-order valence-electron chi connectivity index (χ1n) is 6.55. The van der Waals surface area contributed by atoms with Crippen molar-refractivity contribution in [2.24, 2.45) is 5.73 Å². The fourth-order valence-electron chi connectivity index (χ4n) is 1.92. The first-order valence-corrected chi connectivity index (χ1v) is 6.55. The fourth-order valence-corrected chi connectivity index (χ4v) is 1.92. The molecule has 2 aromatic rings. The molecule has 106 valence electrons. The van der Waals surface area contributed by atoms with Crippen LogP contribution in [0.25, 0.3) is 11.3 Å². The van der Waals surface area contributed by atoms with E-state index < -0.39 is 12.0 Å². The summed E-state index contributed by atoms with van der Waals surface area (Å²) in [5, 5.41) is 0. The number of carbonyl (C=O) groups excluding carboxylic acids is 1. The normalized spacial score (nSPS) is 12.2. The van der Waals surface area contributed by atoms with E-state index in [0.717, 1.165) is 11.3 Å². The van der Waals surface area contributed by atoms with Crippen molar-refractivity contribution in [3.8, 4) is 11.3 Å². The van der Waals surface area contributed by atoms with Crippen molar-refractivity contribution in [3.63, 3.8) is 0 Å². The summed E-state index contributed by atoms with van der Waals surface area (Å²) in [4.78, 5) is 15.8. The van der Waals surface area contributed by atoms with Gasteiger partial charge in [-0.1, -0.05) is 30.3 Å². The number of esters is 1. The van der Waals surface area contributed by atoms with Crippen molar-refractivity contribution in [3.05, 3.63) is 41.9 Å². The van der Waals surface area contributed by atoms with Crippen molar-refractivity contribution in [2.75, 3.05) is 6.61 Å². The number of benzene rings is 1. The van der Waals surface area contributed by atoms with Crippen LogP contribution in [0.15, 0.2) is 34.7 Å². The van der Waals surface area contributed by atoms with Gasteiger partial charge in [0.2, 0.25) is 0 Å². The number of hydrogen-bond donors (Lipinski definition) is 1. The first-order chi connectivity index (χ1) is 9.61. The van der Waals surface area contributed by atoms with Crippen LogP contribution in [-0.4, -0.2) is 23.6 Å². The van der Waals surface area contributed by atoms with Gasteiger partial charge in [0, 0.05) is 5.56 Å². The molecule has 20 heavy (non-hydrogen) atoms. The smallest absolute Gasteiger partial charge is 0.323 e. The fraction of sp³-hybridized carbons (Fsp3) is 0.333. The minimum absolute atomic E-state index is 0.229. The summed E-state index contributed by atoms with van der Waals surface area (Å²) >= 11 is 0. The third-order valence-corrected chi connectivity index (χ3v) is 2.86. The standard InChI is InChI=1S/C15H18N2O3/c1-3-19-15(18)12(16)9-13-17-10(2)14(20-13)11-7-5-4-6-8-11/h4-8,12H,3,9,16H2,1-2H3. The molecule has 2 N–H and O–H groups in total. The Morgan fingerprint density at radius 3 is 2.75 bits per heavy atom. The molecule has 5 nitrogen and oxygen atoms in total. The number of ether oxygens (including phenoxy) is 1. The van der Waals surface area contributed by atoms with Gasteiger partial charge < -0.3 is 14.9 Å². The number of hydrogen-bond acceptors (Lipinski definition) is 5. The van der Waals surface area contributed by atoms with Crippen LogP contribution in [0.1, 0.15) is 18.5 Å². The molecule has 0 spiro atoms. The Kier molecular flexibility index (Phi) is 4.53. The highest BCUT2D eigenvalue weighted by atomic mass is 16.5. The van der Waals surface area contributed by atoms with Gasteiger partial charge in [-0.05, 0) is 13.8 Å². The van der Waals surface area contributed by atoms with Crippen LogP contribution in [-0.2, 0) is 16.0 Å². The molecule has 0 aliphatic carbocycles. The zero-order chi connectivity index (χ0) is 14.5. The second-order valence-corrected chi connectivity index (χ2v) is 4.45. The maximum absolute atomic E-state index is 11.5. The van der Waals surface area contributed by atoms with E-state index in [1.54, 1.807) is 6.92 Å². The van der Waals surface area contributed by atoms with E-state index in [1.807, 2.05) is 37.3 Å². The summed E-state index contributed by atoms with van der Waals surface area (Å²) in [6.07, 6.45) is 0.229. The molecule has 0 aliphatic heterocycles. The molecule has 1 aromatic heterocycles. The maximum Gasteiger partial charge on any atom is 0.323 e. The predicted octanol–water partition coefficient (Wildman–Crippen LogP) is 2.08. The lowest BCUT2D eigenvalue weighted by Crippen LogP contribution is -2.34. The highest BCUT2D eigenvalue weighted by Crippen LogP contribution is 2.24. The number of aromatic nitrogens is 1. The Morgan fingerprint density at radius 1 is 1.40 bits per heavy atom. The average Bonchev–Trinajstić information content (AvgIpc) is 2.80. The summed E-state index contributed by atoms with van der Waals surface area (Å²) < 4.78 is 10.6. The Balaban J connectivity index is 2.14. The van der Waals surface area contributed by atoms with Crippen LogP contribution < -0.4 is 5.73 Å². The van der Waals surface area contributed by atoms with Crippen LogP contribution >= 0.6 is 0 Å². The SMILES string of the molecule is CCOC(=O)C(N)Cc1nc(C)c(-c2ccccc2)o1. The minimum atomic E-state index is -0.753. The molecule has 1 unspecified atom stereocenters. The zero-order valence-electron chi connectivity index (χ0n) is 11.6. The van der Waals surface area contributed by atoms with Gasteiger partial charge >= 0.3 is 5.97 Å². The van der Waals surface area contributed by atoms with Crippen LogP contribution in [0.5, 0.6) is 0 Å². The number of carbonyl (C=O) groups is 1. The summed E-state index contributed by atoms with van der Waals surface area (Å²) in [6, 6.07) is 8.94. The second-order valence-electron chi connectivity index (χ2n) is 4.45. The first kappa shape index (κ1) is 14.3. The topological polar surface area (TPSA) is 78.4 Å². The average molecular weight is 274 g/mol. The lowest BCUT2D eigenvalue weighted by atomic mass is 10.1. The van der Waals surface area contributed by atoms with Crippen LogP contribution in [0.2, 0.25) is 0 Å². The van der Waals surface area contributed by atoms with Crippen LogP contribution in [0, 0.1) is 6.92 Å². The summed E-state index contributed by atoms with van der Waals surface area (Å²) in [5.74, 6) is 0.711. The van der Waals surface area contributed by atoms with Crippen molar-refractivity contribution in [2.45, 2.75) is 26.3 Å². The van der Waals surface area contributed by atoms with Gasteiger partial charge in [-0.15, -0.1) is 0 Å². The van der Waals surface area contributed by atoms with Gasteiger partial charge in [-0.3, -0.25) is 4.79 Å². The lowest BCUT2D eigenvalue weighted by molar-refractivity contribution is -0.144. The molecule has 5 heteroatoms. The van der Waals surface area contributed by atoms with Crippen molar-refractivity contribution in [1.29, 1.82) is 0 Å². The van der Waals surface area contributed by atoms with Crippen molar-refractivity contribution < 1.29 is 13.9 Å². The van der Waals surface area contributed by atoms with E-state index in [4.69, 9.17) is 14.9 Å². The quantitative estimate of drug-likeness (QED) is 0.844. The van der Waals surface area contributed by atoms with E-state index >= 15 is 0 Å². The molecular weight excluding hydrogens is 256 g/mol. The van der Waals surface area contributed by atoms with Gasteiger partial charge in [0.15, 0.2) is 11.7 Å². The molecule has 0 bridgehead atoms. The van der Waals surface area contributed by atoms with Gasteiger partial charge in [0.05, 0.1) is 18.7 Å². The Hall–Kier alpha value is -2.14. The number of aryl methyl sites for hydroxylation is 1. The van der Waals surface area contributed by atoms with Gasteiger partial charge in [-0.2, -0.15) is 0 Å². The minimum Gasteiger partial charge on any atom is -0.465 e. The Bertz CT molecular complexity index is 578. The highest BCUT2D eigenvalue weighted by Gasteiger charge is 2.19. The second kappa shape index (κ2) is 6.34.